The number of carbonyl (C=O) groups excluding carboxylic acids is 2. The number of halogens is 1. The number of nitrogens with one attached hydrogen (secondary N) is 1. The average Bonchev–Trinajstić information content (AvgIpc) is 2.18. The number of hydrogen-bond acceptors (Lipinski definition) is 2. The lowest BCUT2D eigenvalue weighted by Gasteiger charge is -2.10. The second kappa shape index (κ2) is 4.68. The maximum Gasteiger partial charge on any atom is 0.251 e. The summed E-state index contributed by atoms with van der Waals surface area (Å²) in [4.78, 5) is 22.4. The summed E-state index contributed by atoms with van der Waals surface area (Å²) >= 11 is 0. The number of benzene rings is 1. The van der Waals surface area contributed by atoms with E-state index in [0.29, 0.717) is 5.56 Å². The van der Waals surface area contributed by atoms with Gasteiger partial charge in [-0.3, -0.25) is 9.59 Å². The van der Waals surface area contributed by atoms with Gasteiger partial charge < -0.3 is 5.32 Å². The van der Waals surface area contributed by atoms with Gasteiger partial charge in [-0.2, -0.15) is 0 Å². The van der Waals surface area contributed by atoms with Crippen LogP contribution in [0.2, 0.25) is 0 Å². The fourth-order valence-corrected chi connectivity index (χ4v) is 0.983. The Morgan fingerprint density at radius 1 is 1.27 bits per heavy atom. The number of Topliss-reactive ketones (excluding diaryl/α,β-unsaturated/α-hetero) is 1. The summed E-state index contributed by atoms with van der Waals surface area (Å²) in [6, 6.07) is 4.62. The Morgan fingerprint density at radius 3 is 2.27 bits per heavy atom. The molecule has 0 heterocycles. The van der Waals surface area contributed by atoms with Gasteiger partial charge in [0.25, 0.3) is 5.91 Å². The van der Waals surface area contributed by atoms with Crippen LogP contribution in [0.5, 0.6) is 0 Å². The van der Waals surface area contributed by atoms with Crippen molar-refractivity contribution in [3.8, 4) is 0 Å². The van der Waals surface area contributed by atoms with Crippen molar-refractivity contribution in [2.45, 2.75) is 19.9 Å². The van der Waals surface area contributed by atoms with Crippen LogP contribution in [0.3, 0.4) is 0 Å². The van der Waals surface area contributed by atoms with Gasteiger partial charge in [0.2, 0.25) is 0 Å². The minimum absolute atomic E-state index is 0.120. The Bertz CT molecular complexity index is 373. The highest BCUT2D eigenvalue weighted by Gasteiger charge is 2.12. The summed E-state index contributed by atoms with van der Waals surface area (Å²) in [7, 11) is 0. The summed E-state index contributed by atoms with van der Waals surface area (Å²) in [6.07, 6.45) is 0. The zero-order valence-electron chi connectivity index (χ0n) is 8.58. The predicted molar refractivity (Wildman–Crippen MR) is 54.0 cm³/mol. The molecule has 80 valence electrons. The zero-order chi connectivity index (χ0) is 11.4. The molecule has 1 atom stereocenters. The molecule has 0 radical (unpaired) electrons. The SMILES string of the molecule is CC(=O)C(C)NC(=O)c1ccc(F)cc1. The van der Waals surface area contributed by atoms with Crippen LogP contribution in [0, 0.1) is 5.82 Å². The van der Waals surface area contributed by atoms with Crippen molar-refractivity contribution in [2.75, 3.05) is 0 Å². The minimum Gasteiger partial charge on any atom is -0.343 e. The summed E-state index contributed by atoms with van der Waals surface area (Å²) in [5.41, 5.74) is 0.338. The van der Waals surface area contributed by atoms with Gasteiger partial charge in [0, 0.05) is 5.56 Å². The van der Waals surface area contributed by atoms with Gasteiger partial charge in [-0.05, 0) is 38.1 Å². The molecule has 3 nitrogen and oxygen atoms in total. The molecule has 1 aromatic carbocycles. The molecule has 15 heavy (non-hydrogen) atoms. The van der Waals surface area contributed by atoms with Crippen LogP contribution in [0.4, 0.5) is 4.39 Å². The Hall–Kier alpha value is -1.71. The number of amides is 1. The molecule has 0 saturated heterocycles. The first kappa shape index (κ1) is 11.4. The van der Waals surface area contributed by atoms with E-state index in [1.165, 1.54) is 31.2 Å². The largest absolute Gasteiger partial charge is 0.343 e. The molecule has 1 rings (SSSR count). The zero-order valence-corrected chi connectivity index (χ0v) is 8.58. The third-order valence-corrected chi connectivity index (χ3v) is 2.06. The molecule has 0 fully saturated rings. The highest BCUT2D eigenvalue weighted by molar-refractivity contribution is 5.97. The van der Waals surface area contributed by atoms with E-state index >= 15 is 0 Å². The molecule has 1 N–H and O–H groups in total. The van der Waals surface area contributed by atoms with E-state index in [4.69, 9.17) is 0 Å². The second-order valence-corrected chi connectivity index (χ2v) is 3.31. The van der Waals surface area contributed by atoms with Crippen molar-refractivity contribution in [1.29, 1.82) is 0 Å². The topological polar surface area (TPSA) is 46.2 Å². The molecule has 0 aromatic heterocycles. The third kappa shape index (κ3) is 3.16. The van der Waals surface area contributed by atoms with Crippen LogP contribution < -0.4 is 5.32 Å². The van der Waals surface area contributed by atoms with E-state index in [1.807, 2.05) is 0 Å². The molecule has 0 spiro atoms. The quantitative estimate of drug-likeness (QED) is 0.820. The van der Waals surface area contributed by atoms with Crippen molar-refractivity contribution < 1.29 is 14.0 Å². The molecule has 0 aliphatic carbocycles. The Balaban J connectivity index is 2.69. The minimum atomic E-state index is -0.525. The summed E-state index contributed by atoms with van der Waals surface area (Å²) in [5.74, 6) is -0.894. The summed E-state index contributed by atoms with van der Waals surface area (Å²) in [6.45, 7) is 3.00. The van der Waals surface area contributed by atoms with E-state index in [2.05, 4.69) is 5.32 Å². The van der Waals surface area contributed by atoms with Crippen molar-refractivity contribution in [3.05, 3.63) is 35.6 Å². The van der Waals surface area contributed by atoms with Crippen molar-refractivity contribution in [3.63, 3.8) is 0 Å². The lowest BCUT2D eigenvalue weighted by atomic mass is 10.2. The highest BCUT2D eigenvalue weighted by Crippen LogP contribution is 2.02. The van der Waals surface area contributed by atoms with Gasteiger partial charge in [0.1, 0.15) is 5.82 Å². The average molecular weight is 209 g/mol. The molecular weight excluding hydrogens is 197 g/mol. The fraction of sp³-hybridized carbons (Fsp3) is 0.273. The first-order valence-electron chi connectivity index (χ1n) is 4.57. The maximum atomic E-state index is 12.6. The first-order chi connectivity index (χ1) is 7.00. The van der Waals surface area contributed by atoms with Crippen LogP contribution in [-0.2, 0) is 4.79 Å². The van der Waals surface area contributed by atoms with Crippen molar-refractivity contribution >= 4 is 11.7 Å². The van der Waals surface area contributed by atoms with Gasteiger partial charge in [0.05, 0.1) is 6.04 Å². The van der Waals surface area contributed by atoms with E-state index in [0.717, 1.165) is 0 Å². The third-order valence-electron chi connectivity index (χ3n) is 2.06. The number of ketones is 1. The van der Waals surface area contributed by atoms with Crippen LogP contribution in [0.1, 0.15) is 24.2 Å². The van der Waals surface area contributed by atoms with E-state index in [9.17, 15) is 14.0 Å². The Kier molecular flexibility index (Phi) is 3.55. The molecule has 4 heteroatoms. The molecule has 0 bridgehead atoms. The molecule has 1 aromatic rings. The monoisotopic (exact) mass is 209 g/mol. The van der Waals surface area contributed by atoms with Crippen LogP contribution in [0.15, 0.2) is 24.3 Å². The van der Waals surface area contributed by atoms with Gasteiger partial charge in [-0.15, -0.1) is 0 Å². The van der Waals surface area contributed by atoms with Gasteiger partial charge >= 0.3 is 0 Å². The molecule has 0 aliphatic rings. The van der Waals surface area contributed by atoms with E-state index in [1.54, 1.807) is 6.92 Å². The number of hydrogen-bond donors (Lipinski definition) is 1. The smallest absolute Gasteiger partial charge is 0.251 e. The van der Waals surface area contributed by atoms with Crippen LogP contribution in [-0.4, -0.2) is 17.7 Å². The van der Waals surface area contributed by atoms with Gasteiger partial charge in [-0.1, -0.05) is 0 Å². The summed E-state index contributed by atoms with van der Waals surface area (Å²) < 4.78 is 12.6. The second-order valence-electron chi connectivity index (χ2n) is 3.31. The Labute approximate surface area is 87.3 Å². The number of rotatable bonds is 3. The lowest BCUT2D eigenvalue weighted by molar-refractivity contribution is -0.118. The molecule has 1 unspecified atom stereocenters. The molecule has 0 saturated carbocycles. The van der Waals surface area contributed by atoms with Crippen molar-refractivity contribution in [2.24, 2.45) is 0 Å². The lowest BCUT2D eigenvalue weighted by Crippen LogP contribution is -2.37. The number of carbonyl (C=O) groups is 2. The summed E-state index contributed by atoms with van der Waals surface area (Å²) in [5, 5.41) is 2.50. The standard InChI is InChI=1S/C11H12FNO2/c1-7(8(2)14)13-11(15)9-3-5-10(12)6-4-9/h3-7H,1-2H3,(H,13,15). The van der Waals surface area contributed by atoms with Crippen LogP contribution >= 0.6 is 0 Å². The fourth-order valence-electron chi connectivity index (χ4n) is 0.983. The first-order valence-corrected chi connectivity index (χ1v) is 4.57. The normalized spacial score (nSPS) is 11.9. The van der Waals surface area contributed by atoms with Gasteiger partial charge in [-0.25, -0.2) is 4.39 Å². The van der Waals surface area contributed by atoms with Crippen LogP contribution in [0.25, 0.3) is 0 Å². The molecule has 1 amide bonds. The Morgan fingerprint density at radius 2 is 1.80 bits per heavy atom. The highest BCUT2D eigenvalue weighted by atomic mass is 19.1. The maximum absolute atomic E-state index is 12.6. The van der Waals surface area contributed by atoms with E-state index in [-0.39, 0.29) is 11.7 Å². The molecule has 0 aliphatic heterocycles. The molecular formula is C11H12FNO2. The van der Waals surface area contributed by atoms with Crippen molar-refractivity contribution in [1.82, 2.24) is 5.32 Å². The predicted octanol–water partition coefficient (Wildman–Crippen LogP) is 1.53. The van der Waals surface area contributed by atoms with Gasteiger partial charge in [0.15, 0.2) is 5.78 Å². The van der Waals surface area contributed by atoms with E-state index < -0.39 is 11.9 Å².